The zero-order valence-electron chi connectivity index (χ0n) is 9.58. The van der Waals surface area contributed by atoms with E-state index in [2.05, 4.69) is 5.32 Å². The van der Waals surface area contributed by atoms with Gasteiger partial charge >= 0.3 is 0 Å². The highest BCUT2D eigenvalue weighted by Gasteiger charge is 2.22. The van der Waals surface area contributed by atoms with E-state index in [0.717, 1.165) is 25.9 Å². The molecule has 1 aliphatic heterocycles. The minimum atomic E-state index is -0.379. The molecule has 1 saturated heterocycles. The van der Waals surface area contributed by atoms with Crippen molar-refractivity contribution in [2.45, 2.75) is 45.6 Å². The third-order valence-electron chi connectivity index (χ3n) is 2.74. The monoisotopic (exact) mass is 212 g/mol. The molecule has 0 aromatic rings. The molecule has 1 N–H and O–H groups in total. The molecule has 0 aliphatic carbocycles. The molecule has 1 aliphatic rings. The summed E-state index contributed by atoms with van der Waals surface area (Å²) in [6.07, 6.45) is 3.80. The normalized spacial score (nSPS) is 18.4. The highest BCUT2D eigenvalue weighted by Crippen LogP contribution is 2.09. The summed E-state index contributed by atoms with van der Waals surface area (Å²) < 4.78 is 0. The maximum absolute atomic E-state index is 11.9. The van der Waals surface area contributed by atoms with Crippen LogP contribution in [0.5, 0.6) is 0 Å². The van der Waals surface area contributed by atoms with E-state index in [1.165, 1.54) is 6.42 Å². The minimum Gasteiger partial charge on any atom is -0.345 e. The smallest absolute Gasteiger partial charge is 0.244 e. The van der Waals surface area contributed by atoms with Crippen molar-refractivity contribution < 1.29 is 9.59 Å². The van der Waals surface area contributed by atoms with Gasteiger partial charge in [0.2, 0.25) is 11.8 Å². The molecule has 0 unspecified atom stereocenters. The van der Waals surface area contributed by atoms with Crippen molar-refractivity contribution in [2.24, 2.45) is 0 Å². The summed E-state index contributed by atoms with van der Waals surface area (Å²) in [6.45, 7) is 5.22. The first kappa shape index (κ1) is 12.0. The lowest BCUT2D eigenvalue weighted by atomic mass is 10.1. The molecule has 0 aromatic heterocycles. The number of nitrogens with one attached hydrogen (secondary N) is 1. The van der Waals surface area contributed by atoms with Crippen LogP contribution in [0.25, 0.3) is 0 Å². The molecule has 0 saturated carbocycles. The second-order valence-electron chi connectivity index (χ2n) is 4.03. The van der Waals surface area contributed by atoms with Crippen LogP contribution in [0.15, 0.2) is 0 Å². The Labute approximate surface area is 91.0 Å². The van der Waals surface area contributed by atoms with Crippen LogP contribution >= 0.6 is 0 Å². The predicted octanol–water partition coefficient (Wildman–Crippen LogP) is 0.914. The Morgan fingerprint density at radius 1 is 1.27 bits per heavy atom. The number of hydrogen-bond acceptors (Lipinski definition) is 2. The van der Waals surface area contributed by atoms with Crippen molar-refractivity contribution in [3.05, 3.63) is 0 Å². The average molecular weight is 212 g/mol. The second-order valence-corrected chi connectivity index (χ2v) is 4.03. The Bertz CT molecular complexity index is 235. The summed E-state index contributed by atoms with van der Waals surface area (Å²) in [5.41, 5.74) is 0. The van der Waals surface area contributed by atoms with Crippen LogP contribution in [0.4, 0.5) is 0 Å². The molecule has 0 bridgehead atoms. The fraction of sp³-hybridized carbons (Fsp3) is 0.818. The highest BCUT2D eigenvalue weighted by molar-refractivity contribution is 5.87. The van der Waals surface area contributed by atoms with Crippen LogP contribution in [-0.2, 0) is 9.59 Å². The molecule has 15 heavy (non-hydrogen) atoms. The largest absolute Gasteiger partial charge is 0.345 e. The van der Waals surface area contributed by atoms with E-state index < -0.39 is 0 Å². The Balaban J connectivity index is 2.40. The number of rotatable bonds is 3. The first-order valence-electron chi connectivity index (χ1n) is 5.73. The van der Waals surface area contributed by atoms with Gasteiger partial charge in [-0.2, -0.15) is 0 Å². The SMILES string of the molecule is CCC(=O)N[C@@H](C)C(=O)N1CCCCC1. The Morgan fingerprint density at radius 3 is 2.40 bits per heavy atom. The van der Waals surface area contributed by atoms with Gasteiger partial charge in [-0.25, -0.2) is 0 Å². The van der Waals surface area contributed by atoms with Gasteiger partial charge in [-0.05, 0) is 26.2 Å². The second kappa shape index (κ2) is 5.73. The zero-order chi connectivity index (χ0) is 11.3. The van der Waals surface area contributed by atoms with E-state index in [0.29, 0.717) is 6.42 Å². The lowest BCUT2D eigenvalue weighted by Crippen LogP contribution is -2.48. The van der Waals surface area contributed by atoms with Gasteiger partial charge in [-0.15, -0.1) is 0 Å². The Morgan fingerprint density at radius 2 is 1.87 bits per heavy atom. The first-order chi connectivity index (χ1) is 7.15. The third kappa shape index (κ3) is 3.53. The summed E-state index contributed by atoms with van der Waals surface area (Å²) in [7, 11) is 0. The van der Waals surface area contributed by atoms with Crippen LogP contribution in [0.3, 0.4) is 0 Å². The van der Waals surface area contributed by atoms with Crippen LogP contribution in [-0.4, -0.2) is 35.8 Å². The first-order valence-corrected chi connectivity index (χ1v) is 5.73. The number of likely N-dealkylation sites (tertiary alicyclic amines) is 1. The van der Waals surface area contributed by atoms with Gasteiger partial charge in [0.15, 0.2) is 0 Å². The topological polar surface area (TPSA) is 49.4 Å². The van der Waals surface area contributed by atoms with E-state index in [4.69, 9.17) is 0 Å². The van der Waals surface area contributed by atoms with E-state index in [1.807, 2.05) is 4.90 Å². The van der Waals surface area contributed by atoms with Gasteiger partial charge in [0.05, 0.1) is 0 Å². The fourth-order valence-corrected chi connectivity index (χ4v) is 1.79. The molecular formula is C11H20N2O2. The molecule has 4 nitrogen and oxygen atoms in total. The summed E-state index contributed by atoms with van der Waals surface area (Å²) in [4.78, 5) is 24.8. The lowest BCUT2D eigenvalue weighted by molar-refractivity contribution is -0.136. The number of carbonyl (C=O) groups is 2. The van der Waals surface area contributed by atoms with Crippen molar-refractivity contribution in [3.63, 3.8) is 0 Å². The fourth-order valence-electron chi connectivity index (χ4n) is 1.79. The zero-order valence-corrected chi connectivity index (χ0v) is 9.58. The molecule has 0 spiro atoms. The Hall–Kier alpha value is -1.06. The molecule has 0 aromatic carbocycles. The van der Waals surface area contributed by atoms with E-state index in [9.17, 15) is 9.59 Å². The van der Waals surface area contributed by atoms with Gasteiger partial charge < -0.3 is 10.2 Å². The highest BCUT2D eigenvalue weighted by atomic mass is 16.2. The van der Waals surface area contributed by atoms with Gasteiger partial charge in [0.25, 0.3) is 0 Å². The molecule has 1 fully saturated rings. The van der Waals surface area contributed by atoms with Crippen LogP contribution in [0.1, 0.15) is 39.5 Å². The van der Waals surface area contributed by atoms with Crippen molar-refractivity contribution in [1.82, 2.24) is 10.2 Å². The summed E-state index contributed by atoms with van der Waals surface area (Å²) in [6, 6.07) is -0.379. The number of hydrogen-bond donors (Lipinski definition) is 1. The predicted molar refractivity (Wildman–Crippen MR) is 58.3 cm³/mol. The number of carbonyl (C=O) groups excluding carboxylic acids is 2. The lowest BCUT2D eigenvalue weighted by Gasteiger charge is -2.29. The summed E-state index contributed by atoms with van der Waals surface area (Å²) >= 11 is 0. The molecule has 4 heteroatoms. The van der Waals surface area contributed by atoms with E-state index >= 15 is 0 Å². The quantitative estimate of drug-likeness (QED) is 0.756. The van der Waals surface area contributed by atoms with Crippen LogP contribution < -0.4 is 5.32 Å². The minimum absolute atomic E-state index is 0.0523. The molecule has 1 heterocycles. The van der Waals surface area contributed by atoms with Gasteiger partial charge in [-0.1, -0.05) is 6.92 Å². The van der Waals surface area contributed by atoms with Crippen LogP contribution in [0.2, 0.25) is 0 Å². The number of nitrogens with zero attached hydrogens (tertiary/aromatic N) is 1. The molecular weight excluding hydrogens is 192 g/mol. The van der Waals surface area contributed by atoms with Crippen molar-refractivity contribution in [2.75, 3.05) is 13.1 Å². The molecule has 1 atom stereocenters. The molecule has 0 radical (unpaired) electrons. The average Bonchev–Trinajstić information content (AvgIpc) is 2.29. The van der Waals surface area contributed by atoms with Crippen LogP contribution in [0, 0.1) is 0 Å². The number of piperidine rings is 1. The van der Waals surface area contributed by atoms with Gasteiger partial charge in [0.1, 0.15) is 6.04 Å². The Kier molecular flexibility index (Phi) is 4.59. The van der Waals surface area contributed by atoms with Crippen molar-refractivity contribution in [3.8, 4) is 0 Å². The van der Waals surface area contributed by atoms with E-state index in [1.54, 1.807) is 13.8 Å². The molecule has 1 rings (SSSR count). The standard InChI is InChI=1S/C11H20N2O2/c1-3-10(14)12-9(2)11(15)13-7-5-4-6-8-13/h9H,3-8H2,1-2H3,(H,12,14)/t9-/m0/s1. The third-order valence-corrected chi connectivity index (χ3v) is 2.74. The van der Waals surface area contributed by atoms with Gasteiger partial charge in [-0.3, -0.25) is 9.59 Å². The number of amides is 2. The van der Waals surface area contributed by atoms with Gasteiger partial charge in [0, 0.05) is 19.5 Å². The van der Waals surface area contributed by atoms with E-state index in [-0.39, 0.29) is 17.9 Å². The maximum atomic E-state index is 11.9. The van der Waals surface area contributed by atoms with Crippen molar-refractivity contribution >= 4 is 11.8 Å². The molecule has 2 amide bonds. The molecule has 86 valence electrons. The summed E-state index contributed by atoms with van der Waals surface area (Å²) in [5, 5.41) is 2.70. The van der Waals surface area contributed by atoms with Crippen molar-refractivity contribution in [1.29, 1.82) is 0 Å². The maximum Gasteiger partial charge on any atom is 0.244 e. The summed E-state index contributed by atoms with van der Waals surface area (Å²) in [5.74, 6) is -0.00985.